The van der Waals surface area contributed by atoms with E-state index >= 15 is 0 Å². The summed E-state index contributed by atoms with van der Waals surface area (Å²) in [5, 5.41) is 4.45. The van der Waals surface area contributed by atoms with Crippen LogP contribution in [0.4, 0.5) is 30.7 Å². The zero-order valence-electron chi connectivity index (χ0n) is 6.23. The monoisotopic (exact) mass is 266 g/mol. The molecule has 0 saturated carbocycles. The van der Waals surface area contributed by atoms with E-state index in [1.165, 1.54) is 0 Å². The first kappa shape index (κ1) is 14.7. The van der Waals surface area contributed by atoms with E-state index in [-0.39, 0.29) is 0 Å². The second-order valence-electron chi connectivity index (χ2n) is 1.81. The maximum Gasteiger partial charge on any atom is 0.527 e. The smallest absolute Gasteiger partial charge is 0.220 e. The zero-order chi connectivity index (χ0) is 12.3. The van der Waals surface area contributed by atoms with Crippen LogP contribution in [0.3, 0.4) is 0 Å². The molecule has 0 aromatic rings. The molecule has 0 radical (unpaired) electrons. The van der Waals surface area contributed by atoms with Crippen LogP contribution in [0, 0.1) is 0 Å². The minimum atomic E-state index is -5.96. The summed E-state index contributed by atoms with van der Waals surface area (Å²) in [7, 11) is 0. The van der Waals surface area contributed by atoms with E-state index in [1.54, 1.807) is 0 Å². The van der Waals surface area contributed by atoms with Gasteiger partial charge in [0.25, 0.3) is 0 Å². The van der Waals surface area contributed by atoms with Crippen LogP contribution in [0.15, 0.2) is 0 Å². The van der Waals surface area contributed by atoms with Crippen molar-refractivity contribution in [2.45, 2.75) is 17.7 Å². The molecule has 0 aromatic carbocycles. The van der Waals surface area contributed by atoms with Crippen LogP contribution in [0.1, 0.15) is 0 Å². The summed E-state index contributed by atoms with van der Waals surface area (Å²) in [5.41, 5.74) is 0. The molecule has 0 fully saturated rings. The van der Waals surface area contributed by atoms with Gasteiger partial charge in [0.05, 0.1) is 0 Å². The van der Waals surface area contributed by atoms with Gasteiger partial charge in [-0.15, -0.1) is 17.5 Å². The lowest BCUT2D eigenvalue weighted by atomic mass is 10.6. The second-order valence-corrected chi connectivity index (χ2v) is 2.62. The van der Waals surface area contributed by atoms with Crippen molar-refractivity contribution >= 4 is 12.0 Å². The van der Waals surface area contributed by atoms with Crippen LogP contribution in [-0.2, 0) is 14.1 Å². The quantitative estimate of drug-likeness (QED) is 0.359. The molecule has 0 unspecified atom stereocenters. The summed E-state index contributed by atoms with van der Waals surface area (Å²) >= 11 is -1.55. The number of hydrogen-bond acceptors (Lipinski definition) is 5. The highest BCUT2D eigenvalue weighted by Crippen LogP contribution is 2.46. The van der Waals surface area contributed by atoms with E-state index in [1.807, 2.05) is 4.74 Å². The van der Waals surface area contributed by atoms with Gasteiger partial charge in [-0.2, -0.15) is 17.6 Å². The van der Waals surface area contributed by atoms with Crippen LogP contribution in [0.25, 0.3) is 0 Å². The molecule has 0 aromatic heterocycles. The Morgan fingerprint density at radius 3 is 1.73 bits per heavy atom. The summed E-state index contributed by atoms with van der Waals surface area (Å²) in [6.07, 6.45) is -11.8. The first-order valence-corrected chi connectivity index (χ1v) is 3.44. The first-order valence-electron chi connectivity index (χ1n) is 2.70. The molecule has 0 atom stereocenters. The topological polar surface area (TPSA) is 47.9 Å². The third-order valence-corrected chi connectivity index (χ3v) is 1.33. The number of halogens is 7. The third-order valence-electron chi connectivity index (χ3n) is 0.752. The summed E-state index contributed by atoms with van der Waals surface area (Å²) in [6, 6.07) is 0. The van der Waals surface area contributed by atoms with Gasteiger partial charge in [-0.25, -0.2) is 9.99 Å². The van der Waals surface area contributed by atoms with Gasteiger partial charge in [-0.05, 0) is 0 Å². The molecule has 0 rings (SSSR count). The Kier molecular flexibility index (Phi) is 4.60. The molecule has 0 aliphatic heterocycles. The lowest BCUT2D eigenvalue weighted by molar-refractivity contribution is -0.458. The minimum Gasteiger partial charge on any atom is -0.220 e. The number of alkyl halides is 7. The highest BCUT2D eigenvalue weighted by atomic mass is 32.2. The fourth-order valence-corrected chi connectivity index (χ4v) is 0.566. The molecule has 0 amide bonds. The van der Waals surface area contributed by atoms with E-state index in [4.69, 9.17) is 5.26 Å². The highest BCUT2D eigenvalue weighted by molar-refractivity contribution is 7.95. The van der Waals surface area contributed by atoms with Crippen molar-refractivity contribution in [1.29, 1.82) is 0 Å². The fourth-order valence-electron chi connectivity index (χ4n) is 0.311. The molecular formula is C3HF7O4S. The molecule has 15 heavy (non-hydrogen) atoms. The van der Waals surface area contributed by atoms with Crippen LogP contribution in [0.2, 0.25) is 0 Å². The van der Waals surface area contributed by atoms with Gasteiger partial charge in [0.2, 0.25) is 0 Å². The lowest BCUT2D eigenvalue weighted by Gasteiger charge is -2.24. The largest absolute Gasteiger partial charge is 0.527 e. The van der Waals surface area contributed by atoms with Gasteiger partial charge in [0, 0.05) is 0 Å². The second kappa shape index (κ2) is 4.69. The Bertz CT molecular complexity index is 205. The molecule has 0 saturated heterocycles. The molecule has 1 N–H and O–H groups in total. The molecule has 0 aliphatic rings. The van der Waals surface area contributed by atoms with Crippen molar-refractivity contribution in [2.75, 3.05) is 0 Å². The van der Waals surface area contributed by atoms with Gasteiger partial charge in [0.1, 0.15) is 12.0 Å². The fraction of sp³-hybridized carbons (Fsp3) is 1.00. The van der Waals surface area contributed by atoms with Gasteiger partial charge >= 0.3 is 17.7 Å². The number of rotatable bonds is 5. The van der Waals surface area contributed by atoms with Crippen molar-refractivity contribution in [1.82, 2.24) is 0 Å². The first-order chi connectivity index (χ1) is 6.52. The predicted molar refractivity (Wildman–Crippen MR) is 29.4 cm³/mol. The van der Waals surface area contributed by atoms with Gasteiger partial charge < -0.3 is 0 Å². The predicted octanol–water partition coefficient (Wildman–Crippen LogP) is 2.78. The lowest BCUT2D eigenvalue weighted by Crippen LogP contribution is -2.44. The summed E-state index contributed by atoms with van der Waals surface area (Å²) < 4.78 is 87.0. The highest BCUT2D eigenvalue weighted by Gasteiger charge is 2.65. The average Bonchev–Trinajstić information content (AvgIpc) is 1.96. The van der Waals surface area contributed by atoms with Crippen molar-refractivity contribution in [3.8, 4) is 0 Å². The molecular weight excluding hydrogens is 265 g/mol. The summed E-state index contributed by atoms with van der Waals surface area (Å²) in [4.78, 5) is 0. The van der Waals surface area contributed by atoms with Gasteiger partial charge in [-0.1, -0.05) is 5.04 Å². The molecule has 4 nitrogen and oxygen atoms in total. The molecule has 0 bridgehead atoms. The summed E-state index contributed by atoms with van der Waals surface area (Å²) in [6.45, 7) is 0. The van der Waals surface area contributed by atoms with E-state index in [2.05, 4.69) is 9.37 Å². The molecule has 0 heterocycles. The van der Waals surface area contributed by atoms with E-state index in [0.29, 0.717) is 0 Å². The van der Waals surface area contributed by atoms with Crippen LogP contribution < -0.4 is 0 Å². The maximum absolute atomic E-state index is 12.2. The zero-order valence-corrected chi connectivity index (χ0v) is 7.04. The molecule has 92 valence electrons. The minimum absolute atomic E-state index is 1.55. The van der Waals surface area contributed by atoms with Crippen molar-refractivity contribution in [3.05, 3.63) is 0 Å². The average molecular weight is 266 g/mol. The molecule has 0 spiro atoms. The van der Waals surface area contributed by atoms with Crippen LogP contribution in [0.5, 0.6) is 0 Å². The Hall–Kier alpha value is -0.300. The Morgan fingerprint density at radius 1 is 0.933 bits per heavy atom. The van der Waals surface area contributed by atoms with Gasteiger partial charge in [0.15, 0.2) is 0 Å². The van der Waals surface area contributed by atoms with E-state index in [9.17, 15) is 30.7 Å². The van der Waals surface area contributed by atoms with Crippen molar-refractivity contribution < 1.29 is 50.1 Å². The van der Waals surface area contributed by atoms with Gasteiger partial charge in [-0.3, -0.25) is 0 Å². The van der Waals surface area contributed by atoms with E-state index < -0.39 is 29.8 Å². The summed E-state index contributed by atoms with van der Waals surface area (Å²) in [5.74, 6) is 0. The molecule has 12 heteroatoms. The molecule has 0 aliphatic carbocycles. The number of ether oxygens (including phenoxy) is 1. The third kappa shape index (κ3) is 4.83. The SMILES string of the molecule is OOOSC(F)(F)C(F)(F)OC(F)(F)F. The van der Waals surface area contributed by atoms with Crippen molar-refractivity contribution in [3.63, 3.8) is 0 Å². The van der Waals surface area contributed by atoms with Crippen LogP contribution >= 0.6 is 12.0 Å². The maximum atomic E-state index is 12.2. The standard InChI is InChI=1S/C3HF7O4S/c4-1(5,12-3(8,9)10)2(6,7)15-14-13-11/h11H. The Morgan fingerprint density at radius 2 is 1.40 bits per heavy atom. The van der Waals surface area contributed by atoms with Crippen LogP contribution in [-0.4, -0.2) is 23.0 Å². The van der Waals surface area contributed by atoms with Crippen molar-refractivity contribution in [2.24, 2.45) is 0 Å². The Balaban J connectivity index is 4.54. The number of hydrogen-bond donors (Lipinski definition) is 1. The normalized spacial score (nSPS) is 14.4. The Labute approximate surface area is 81.0 Å². The van der Waals surface area contributed by atoms with E-state index in [0.717, 1.165) is 0 Å².